The third-order valence-electron chi connectivity index (χ3n) is 4.98. The fraction of sp³-hybridized carbons (Fsp3) is 0.364. The molecule has 0 saturated heterocycles. The number of allylic oxidation sites excluding steroid dienone is 1. The minimum absolute atomic E-state index is 0.117. The molecular formula is C22H24FNO3S. The van der Waals surface area contributed by atoms with Gasteiger partial charge in [-0.2, -0.15) is 0 Å². The molecule has 148 valence electrons. The Balaban J connectivity index is 2.03. The normalized spacial score (nSPS) is 16.8. The smallest absolute Gasteiger partial charge is 0.348 e. The number of thiophene rings is 1. The lowest BCUT2D eigenvalue weighted by atomic mass is 9.90. The van der Waals surface area contributed by atoms with Crippen molar-refractivity contribution in [1.29, 1.82) is 0 Å². The third kappa shape index (κ3) is 4.17. The van der Waals surface area contributed by atoms with Crippen molar-refractivity contribution in [3.63, 3.8) is 0 Å². The van der Waals surface area contributed by atoms with Crippen LogP contribution in [0.25, 0.3) is 10.4 Å². The predicted molar refractivity (Wildman–Crippen MR) is 110 cm³/mol. The van der Waals surface area contributed by atoms with Crippen molar-refractivity contribution in [2.45, 2.75) is 46.1 Å². The number of amides is 1. The topological polar surface area (TPSA) is 57.6 Å². The molecule has 1 unspecified atom stereocenters. The van der Waals surface area contributed by atoms with Gasteiger partial charge in [0.15, 0.2) is 0 Å². The average molecular weight is 402 g/mol. The first kappa shape index (κ1) is 20.3. The van der Waals surface area contributed by atoms with Gasteiger partial charge in [0.1, 0.15) is 10.7 Å². The fourth-order valence-corrected chi connectivity index (χ4v) is 4.40. The number of carboxylic acids is 1. The molecule has 0 fully saturated rings. The van der Waals surface area contributed by atoms with Crippen LogP contribution in [-0.2, 0) is 4.79 Å². The van der Waals surface area contributed by atoms with E-state index in [4.69, 9.17) is 0 Å². The molecule has 0 saturated carbocycles. The molecule has 1 N–H and O–H groups in total. The Hall–Kier alpha value is -2.47. The highest BCUT2D eigenvalue weighted by Gasteiger charge is 2.30. The monoisotopic (exact) mass is 401 g/mol. The zero-order valence-electron chi connectivity index (χ0n) is 16.2. The van der Waals surface area contributed by atoms with E-state index in [9.17, 15) is 19.1 Å². The van der Waals surface area contributed by atoms with Gasteiger partial charge in [-0.15, -0.1) is 11.3 Å². The van der Waals surface area contributed by atoms with Crippen LogP contribution in [0.2, 0.25) is 0 Å². The maximum Gasteiger partial charge on any atom is 0.348 e. The standard InChI is InChI=1S/C22H24FNO3S/c1-13(2)24(21(25)16-6-4-14(3)5-7-16)18-12-19(28-20(18)22(26)27)15-8-10-17(23)11-9-15/h6,8-14H,4-5,7H2,1-3H3,(H,26,27). The third-order valence-corrected chi connectivity index (χ3v) is 6.14. The van der Waals surface area contributed by atoms with E-state index in [2.05, 4.69) is 6.92 Å². The van der Waals surface area contributed by atoms with Gasteiger partial charge in [-0.05, 0) is 62.8 Å². The Morgan fingerprint density at radius 1 is 1.25 bits per heavy atom. The lowest BCUT2D eigenvalue weighted by Gasteiger charge is -2.29. The molecule has 0 bridgehead atoms. The summed E-state index contributed by atoms with van der Waals surface area (Å²) in [6.45, 7) is 5.92. The van der Waals surface area contributed by atoms with E-state index < -0.39 is 5.97 Å². The summed E-state index contributed by atoms with van der Waals surface area (Å²) >= 11 is 1.10. The first-order valence-electron chi connectivity index (χ1n) is 9.43. The lowest BCUT2D eigenvalue weighted by molar-refractivity contribution is -0.115. The summed E-state index contributed by atoms with van der Waals surface area (Å²) in [4.78, 5) is 27.5. The van der Waals surface area contributed by atoms with Gasteiger partial charge < -0.3 is 10.0 Å². The molecule has 2 aromatic rings. The van der Waals surface area contributed by atoms with Crippen molar-refractivity contribution >= 4 is 28.9 Å². The zero-order chi connectivity index (χ0) is 20.4. The SMILES string of the molecule is CC1CC=C(C(=O)N(c2cc(-c3ccc(F)cc3)sc2C(=O)O)C(C)C)CC1. The lowest BCUT2D eigenvalue weighted by Crippen LogP contribution is -2.39. The molecule has 1 aliphatic carbocycles. The summed E-state index contributed by atoms with van der Waals surface area (Å²) < 4.78 is 13.2. The van der Waals surface area contributed by atoms with E-state index in [0.29, 0.717) is 22.9 Å². The molecule has 1 aromatic heterocycles. The van der Waals surface area contributed by atoms with Crippen LogP contribution in [0.5, 0.6) is 0 Å². The highest BCUT2D eigenvalue weighted by molar-refractivity contribution is 7.18. The number of hydrogen-bond donors (Lipinski definition) is 1. The fourth-order valence-electron chi connectivity index (χ4n) is 3.41. The van der Waals surface area contributed by atoms with Gasteiger partial charge in [0, 0.05) is 16.5 Å². The predicted octanol–water partition coefficient (Wildman–Crippen LogP) is 5.74. The van der Waals surface area contributed by atoms with Crippen LogP contribution < -0.4 is 4.90 Å². The van der Waals surface area contributed by atoms with Gasteiger partial charge >= 0.3 is 5.97 Å². The second-order valence-electron chi connectivity index (χ2n) is 7.51. The summed E-state index contributed by atoms with van der Waals surface area (Å²) in [5.74, 6) is -0.993. The molecule has 6 heteroatoms. The number of nitrogens with zero attached hydrogens (tertiary/aromatic N) is 1. The van der Waals surface area contributed by atoms with Crippen LogP contribution in [0.4, 0.5) is 10.1 Å². The Morgan fingerprint density at radius 2 is 1.93 bits per heavy atom. The molecule has 3 rings (SSSR count). The minimum atomic E-state index is -1.07. The highest BCUT2D eigenvalue weighted by atomic mass is 32.1. The summed E-state index contributed by atoms with van der Waals surface area (Å²) in [6, 6.07) is 7.45. The zero-order valence-corrected chi connectivity index (χ0v) is 17.1. The second kappa shape index (κ2) is 8.27. The number of carbonyl (C=O) groups is 2. The number of anilines is 1. The minimum Gasteiger partial charge on any atom is -0.477 e. The van der Waals surface area contributed by atoms with Gasteiger partial charge in [-0.1, -0.05) is 25.1 Å². The van der Waals surface area contributed by atoms with E-state index in [1.165, 1.54) is 12.1 Å². The largest absolute Gasteiger partial charge is 0.477 e. The van der Waals surface area contributed by atoms with Crippen molar-refractivity contribution in [3.05, 3.63) is 52.7 Å². The Bertz CT molecular complexity index is 914. The molecule has 1 aliphatic rings. The molecule has 1 heterocycles. The molecule has 0 aliphatic heterocycles. The highest BCUT2D eigenvalue weighted by Crippen LogP contribution is 2.39. The number of rotatable bonds is 5. The molecule has 1 amide bonds. The Kier molecular flexibility index (Phi) is 5.98. The maximum atomic E-state index is 13.2. The Morgan fingerprint density at radius 3 is 2.46 bits per heavy atom. The van der Waals surface area contributed by atoms with Gasteiger partial charge in [-0.3, -0.25) is 4.79 Å². The van der Waals surface area contributed by atoms with Crippen LogP contribution >= 0.6 is 11.3 Å². The van der Waals surface area contributed by atoms with E-state index in [1.807, 2.05) is 19.9 Å². The van der Waals surface area contributed by atoms with Gasteiger partial charge in [0.2, 0.25) is 0 Å². The Labute approximate surface area is 168 Å². The van der Waals surface area contributed by atoms with Crippen molar-refractivity contribution in [2.75, 3.05) is 4.90 Å². The van der Waals surface area contributed by atoms with Crippen molar-refractivity contribution in [2.24, 2.45) is 5.92 Å². The van der Waals surface area contributed by atoms with E-state index in [-0.39, 0.29) is 22.6 Å². The molecular weight excluding hydrogens is 377 g/mol. The van der Waals surface area contributed by atoms with Crippen LogP contribution in [-0.4, -0.2) is 23.0 Å². The summed E-state index contributed by atoms with van der Waals surface area (Å²) in [7, 11) is 0. The number of carbonyl (C=O) groups excluding carboxylic acids is 1. The van der Waals surface area contributed by atoms with E-state index >= 15 is 0 Å². The number of carboxylic acid groups (broad SMARTS) is 1. The van der Waals surface area contributed by atoms with Crippen LogP contribution in [0.3, 0.4) is 0 Å². The second-order valence-corrected chi connectivity index (χ2v) is 8.57. The summed E-state index contributed by atoms with van der Waals surface area (Å²) in [5.41, 5.74) is 1.87. The summed E-state index contributed by atoms with van der Waals surface area (Å²) in [5, 5.41) is 9.73. The first-order valence-corrected chi connectivity index (χ1v) is 10.2. The number of benzene rings is 1. The number of halogens is 1. The van der Waals surface area contributed by atoms with Crippen molar-refractivity contribution in [3.8, 4) is 10.4 Å². The van der Waals surface area contributed by atoms with E-state index in [1.54, 1.807) is 23.1 Å². The molecule has 0 spiro atoms. The van der Waals surface area contributed by atoms with Crippen LogP contribution in [0, 0.1) is 11.7 Å². The first-order chi connectivity index (χ1) is 13.3. The van der Waals surface area contributed by atoms with Crippen molar-refractivity contribution in [1.82, 2.24) is 0 Å². The van der Waals surface area contributed by atoms with Crippen LogP contribution in [0.1, 0.15) is 49.7 Å². The maximum absolute atomic E-state index is 13.2. The quantitative estimate of drug-likeness (QED) is 0.695. The van der Waals surface area contributed by atoms with Crippen molar-refractivity contribution < 1.29 is 19.1 Å². The van der Waals surface area contributed by atoms with Gasteiger partial charge in [-0.25, -0.2) is 9.18 Å². The number of hydrogen-bond acceptors (Lipinski definition) is 3. The molecule has 4 nitrogen and oxygen atoms in total. The molecule has 28 heavy (non-hydrogen) atoms. The molecule has 0 radical (unpaired) electrons. The van der Waals surface area contributed by atoms with Gasteiger partial charge in [0.05, 0.1) is 5.69 Å². The summed E-state index contributed by atoms with van der Waals surface area (Å²) in [6.07, 6.45) is 4.52. The van der Waals surface area contributed by atoms with Gasteiger partial charge in [0.25, 0.3) is 5.91 Å². The molecule has 1 aromatic carbocycles. The number of aromatic carboxylic acids is 1. The van der Waals surface area contributed by atoms with E-state index in [0.717, 1.165) is 35.3 Å². The van der Waals surface area contributed by atoms with Crippen LogP contribution in [0.15, 0.2) is 42.0 Å². The average Bonchev–Trinajstić information content (AvgIpc) is 3.07. The molecule has 1 atom stereocenters.